The molecule has 0 fully saturated rings. The molecule has 0 radical (unpaired) electrons. The predicted octanol–water partition coefficient (Wildman–Crippen LogP) is 5.49. The van der Waals surface area contributed by atoms with Crippen molar-refractivity contribution in [2.75, 3.05) is 0 Å². The number of amides is 1. The quantitative estimate of drug-likeness (QED) is 0.410. The smallest absolute Gasteiger partial charge is 0.267 e. The van der Waals surface area contributed by atoms with Crippen LogP contribution in [0.1, 0.15) is 65.1 Å². The minimum atomic E-state index is -0.236. The van der Waals surface area contributed by atoms with Crippen LogP contribution in [-0.2, 0) is 6.54 Å². The number of nitrogens with one attached hydrogen (secondary N) is 1. The lowest BCUT2D eigenvalue weighted by Gasteiger charge is -2.07. The summed E-state index contributed by atoms with van der Waals surface area (Å²) in [7, 11) is 0. The van der Waals surface area contributed by atoms with Crippen molar-refractivity contribution in [3.63, 3.8) is 0 Å². The normalized spacial score (nSPS) is 12.0. The number of allylic oxidation sites excluding steroid dienone is 1. The molecule has 3 rings (SSSR count). The summed E-state index contributed by atoms with van der Waals surface area (Å²) in [5.74, 6) is 0.280. The number of aromatic nitrogens is 2. The average Bonchev–Trinajstić information content (AvgIpc) is 3.05. The monoisotopic (exact) mass is 414 g/mol. The van der Waals surface area contributed by atoms with Crippen molar-refractivity contribution >= 4 is 18.2 Å². The van der Waals surface area contributed by atoms with E-state index in [1.807, 2.05) is 55.8 Å². The van der Waals surface area contributed by atoms with Gasteiger partial charge in [-0.1, -0.05) is 56.3 Å². The molecule has 0 saturated carbocycles. The molecule has 0 atom stereocenters. The summed E-state index contributed by atoms with van der Waals surface area (Å²) in [6.45, 7) is 11.0. The molecule has 160 valence electrons. The zero-order chi connectivity index (χ0) is 22.4. The van der Waals surface area contributed by atoms with E-state index in [4.69, 9.17) is 0 Å². The van der Waals surface area contributed by atoms with Crippen LogP contribution in [0, 0.1) is 13.8 Å². The summed E-state index contributed by atoms with van der Waals surface area (Å²) >= 11 is 0. The SMILES string of the molecule is CC(C=NNC(=O)c1cccc(Cn2nc(C)cc2C)c1)=Cc1ccc(C(C)C)cc1. The van der Waals surface area contributed by atoms with Crippen LogP contribution in [0.3, 0.4) is 0 Å². The molecule has 5 heteroatoms. The van der Waals surface area contributed by atoms with Gasteiger partial charge in [0, 0.05) is 11.3 Å². The number of hydrogen-bond donors (Lipinski definition) is 1. The fourth-order valence-electron chi connectivity index (χ4n) is 3.35. The molecular weight excluding hydrogens is 384 g/mol. The first kappa shape index (κ1) is 22.2. The Morgan fingerprint density at radius 1 is 1.13 bits per heavy atom. The predicted molar refractivity (Wildman–Crippen MR) is 127 cm³/mol. The first-order valence-electron chi connectivity index (χ1n) is 10.5. The van der Waals surface area contributed by atoms with Gasteiger partial charge in [-0.2, -0.15) is 10.2 Å². The summed E-state index contributed by atoms with van der Waals surface area (Å²) < 4.78 is 1.94. The highest BCUT2D eigenvalue weighted by molar-refractivity contribution is 5.95. The molecular formula is C26H30N4O. The van der Waals surface area contributed by atoms with Crippen LogP contribution in [-0.4, -0.2) is 21.9 Å². The van der Waals surface area contributed by atoms with E-state index in [9.17, 15) is 4.79 Å². The Balaban J connectivity index is 1.60. The Bertz CT molecular complexity index is 1100. The van der Waals surface area contributed by atoms with E-state index < -0.39 is 0 Å². The van der Waals surface area contributed by atoms with E-state index >= 15 is 0 Å². The molecule has 1 heterocycles. The first-order chi connectivity index (χ1) is 14.8. The van der Waals surface area contributed by atoms with Gasteiger partial charge >= 0.3 is 0 Å². The molecule has 0 saturated heterocycles. The van der Waals surface area contributed by atoms with Gasteiger partial charge < -0.3 is 0 Å². The van der Waals surface area contributed by atoms with Crippen LogP contribution < -0.4 is 5.43 Å². The van der Waals surface area contributed by atoms with Crippen molar-refractivity contribution in [1.29, 1.82) is 0 Å². The second kappa shape index (κ2) is 10.0. The van der Waals surface area contributed by atoms with Gasteiger partial charge in [-0.15, -0.1) is 0 Å². The van der Waals surface area contributed by atoms with Crippen molar-refractivity contribution in [2.24, 2.45) is 5.10 Å². The van der Waals surface area contributed by atoms with E-state index in [0.29, 0.717) is 18.0 Å². The molecule has 0 aliphatic rings. The number of nitrogens with zero attached hydrogens (tertiary/aromatic N) is 3. The van der Waals surface area contributed by atoms with Crippen molar-refractivity contribution < 1.29 is 4.79 Å². The van der Waals surface area contributed by atoms with Gasteiger partial charge in [-0.05, 0) is 67.2 Å². The van der Waals surface area contributed by atoms with Crippen molar-refractivity contribution in [1.82, 2.24) is 15.2 Å². The summed E-state index contributed by atoms with van der Waals surface area (Å²) in [6, 6.07) is 18.1. The average molecular weight is 415 g/mol. The molecule has 0 spiro atoms. The highest BCUT2D eigenvalue weighted by Gasteiger charge is 2.07. The van der Waals surface area contributed by atoms with Gasteiger partial charge in [0.25, 0.3) is 5.91 Å². The minimum absolute atomic E-state index is 0.236. The highest BCUT2D eigenvalue weighted by atomic mass is 16.2. The zero-order valence-corrected chi connectivity index (χ0v) is 18.9. The Labute approximate surface area is 184 Å². The first-order valence-corrected chi connectivity index (χ1v) is 10.5. The summed E-state index contributed by atoms with van der Waals surface area (Å²) in [6.07, 6.45) is 3.70. The van der Waals surface area contributed by atoms with E-state index in [-0.39, 0.29) is 5.91 Å². The molecule has 1 aromatic heterocycles. The summed E-state index contributed by atoms with van der Waals surface area (Å²) in [5.41, 5.74) is 9.66. The maximum absolute atomic E-state index is 12.5. The van der Waals surface area contributed by atoms with Gasteiger partial charge in [0.15, 0.2) is 0 Å². The lowest BCUT2D eigenvalue weighted by Crippen LogP contribution is -2.18. The third-order valence-electron chi connectivity index (χ3n) is 5.06. The van der Waals surface area contributed by atoms with E-state index in [1.165, 1.54) is 5.56 Å². The van der Waals surface area contributed by atoms with Gasteiger partial charge in [0.2, 0.25) is 0 Å². The van der Waals surface area contributed by atoms with E-state index in [1.54, 1.807) is 12.3 Å². The molecule has 3 aromatic rings. The summed E-state index contributed by atoms with van der Waals surface area (Å²) in [4.78, 5) is 12.5. The van der Waals surface area contributed by atoms with Crippen LogP contribution in [0.25, 0.3) is 6.08 Å². The topological polar surface area (TPSA) is 59.3 Å². The van der Waals surface area contributed by atoms with Gasteiger partial charge in [0.05, 0.1) is 18.5 Å². The lowest BCUT2D eigenvalue weighted by atomic mass is 10.0. The highest BCUT2D eigenvalue weighted by Crippen LogP contribution is 2.16. The third-order valence-corrected chi connectivity index (χ3v) is 5.06. The number of benzene rings is 2. The minimum Gasteiger partial charge on any atom is -0.267 e. The van der Waals surface area contributed by atoms with Gasteiger partial charge in [0.1, 0.15) is 0 Å². The number of carbonyl (C=O) groups excluding carboxylic acids is 1. The molecule has 31 heavy (non-hydrogen) atoms. The van der Waals surface area contributed by atoms with Crippen LogP contribution in [0.4, 0.5) is 0 Å². The van der Waals surface area contributed by atoms with Crippen LogP contribution in [0.5, 0.6) is 0 Å². The van der Waals surface area contributed by atoms with E-state index in [0.717, 1.165) is 28.1 Å². The molecule has 1 N–H and O–H groups in total. The maximum Gasteiger partial charge on any atom is 0.271 e. The molecule has 0 aliphatic heterocycles. The number of carbonyl (C=O) groups is 1. The van der Waals surface area contributed by atoms with Gasteiger partial charge in [-0.3, -0.25) is 9.48 Å². The van der Waals surface area contributed by atoms with Crippen molar-refractivity contribution in [2.45, 2.75) is 47.1 Å². The van der Waals surface area contributed by atoms with Crippen LogP contribution in [0.2, 0.25) is 0 Å². The Hall–Kier alpha value is -3.47. The van der Waals surface area contributed by atoms with Crippen LogP contribution >= 0.6 is 0 Å². The number of hydrogen-bond acceptors (Lipinski definition) is 3. The molecule has 5 nitrogen and oxygen atoms in total. The second-order valence-electron chi connectivity index (χ2n) is 8.19. The Kier molecular flexibility index (Phi) is 7.19. The van der Waals surface area contributed by atoms with Crippen molar-refractivity contribution in [3.8, 4) is 0 Å². The molecule has 0 aliphatic carbocycles. The fourth-order valence-corrected chi connectivity index (χ4v) is 3.35. The lowest BCUT2D eigenvalue weighted by molar-refractivity contribution is 0.0955. The fraction of sp³-hybridized carbons (Fsp3) is 0.269. The zero-order valence-electron chi connectivity index (χ0n) is 18.9. The van der Waals surface area contributed by atoms with E-state index in [2.05, 4.69) is 53.7 Å². The number of rotatable bonds is 7. The number of hydrazone groups is 1. The molecule has 2 aromatic carbocycles. The Morgan fingerprint density at radius 3 is 2.52 bits per heavy atom. The second-order valence-corrected chi connectivity index (χ2v) is 8.19. The molecule has 1 amide bonds. The molecule has 0 bridgehead atoms. The van der Waals surface area contributed by atoms with Gasteiger partial charge in [-0.25, -0.2) is 5.43 Å². The largest absolute Gasteiger partial charge is 0.271 e. The van der Waals surface area contributed by atoms with Crippen molar-refractivity contribution in [3.05, 3.63) is 93.8 Å². The maximum atomic E-state index is 12.5. The van der Waals surface area contributed by atoms with Crippen LogP contribution in [0.15, 0.2) is 65.3 Å². The summed E-state index contributed by atoms with van der Waals surface area (Å²) in [5, 5.41) is 8.59. The Morgan fingerprint density at radius 2 is 1.87 bits per heavy atom. The molecule has 0 unspecified atom stereocenters. The number of aryl methyl sites for hydroxylation is 2. The standard InChI is InChI=1S/C26H30N4O/c1-18(2)24-11-9-22(10-12-24)13-19(3)16-27-28-26(31)25-8-6-7-23(15-25)17-30-21(5)14-20(4)29-30/h6-16,18H,17H2,1-5H3,(H,28,31). The third kappa shape index (κ3) is 6.25.